The van der Waals surface area contributed by atoms with E-state index in [1.54, 1.807) is 13.1 Å². The fraction of sp³-hybridized carbons (Fsp3) is 0.526. The molecule has 9 nitrogen and oxygen atoms in total. The van der Waals surface area contributed by atoms with Gasteiger partial charge in [0.15, 0.2) is 5.96 Å². The highest BCUT2D eigenvalue weighted by Crippen LogP contribution is 2.19. The Bertz CT molecular complexity index is 851. The number of rotatable bonds is 6. The van der Waals surface area contributed by atoms with Gasteiger partial charge in [-0.05, 0) is 19.1 Å². The summed E-state index contributed by atoms with van der Waals surface area (Å²) in [5, 5.41) is 7.10. The van der Waals surface area contributed by atoms with Crippen LogP contribution in [0.25, 0.3) is 0 Å². The zero-order chi connectivity index (χ0) is 20.6. The Labute approximate surface area is 198 Å². The average Bonchev–Trinajstić information content (AvgIpc) is 3.21. The van der Waals surface area contributed by atoms with Crippen molar-refractivity contribution in [2.45, 2.75) is 26.7 Å². The smallest absolute Gasteiger partial charge is 0.227 e. The lowest BCUT2D eigenvalue weighted by Gasteiger charge is -2.36. The van der Waals surface area contributed by atoms with Gasteiger partial charge in [-0.2, -0.15) is 4.37 Å². The van der Waals surface area contributed by atoms with E-state index >= 15 is 0 Å². The predicted molar refractivity (Wildman–Crippen MR) is 132 cm³/mol. The normalized spacial score (nSPS) is 14.3. The van der Waals surface area contributed by atoms with E-state index in [-0.39, 0.29) is 29.9 Å². The third-order valence-corrected chi connectivity index (χ3v) is 5.44. The summed E-state index contributed by atoms with van der Waals surface area (Å²) >= 11 is 1.47. The maximum Gasteiger partial charge on any atom is 0.227 e. The number of nitrogens with zero attached hydrogens (tertiary/aromatic N) is 6. The van der Waals surface area contributed by atoms with Crippen molar-refractivity contribution in [1.29, 1.82) is 0 Å². The highest BCUT2D eigenvalue weighted by atomic mass is 127. The highest BCUT2D eigenvalue weighted by molar-refractivity contribution is 14.0. The summed E-state index contributed by atoms with van der Waals surface area (Å²) in [6, 6.07) is 5.56. The van der Waals surface area contributed by atoms with Crippen LogP contribution < -0.4 is 15.5 Å². The molecule has 0 radical (unpaired) electrons. The standard InChI is InChI=1S/C19H28N8OS.HI/c1-4-15-24-19(29-25-15)27-12-10-26(11-13-27)18(20-3)21-9-8-17(28)23-16-7-5-6-14(2)22-16;/h5-7H,4,8-13H2,1-3H3,(H,20,21)(H,22,23,28);1H. The first kappa shape index (κ1) is 24.3. The summed E-state index contributed by atoms with van der Waals surface area (Å²) in [5.41, 5.74) is 0.875. The highest BCUT2D eigenvalue weighted by Gasteiger charge is 2.22. The fourth-order valence-electron chi connectivity index (χ4n) is 3.06. The van der Waals surface area contributed by atoms with E-state index in [1.165, 1.54) is 11.5 Å². The van der Waals surface area contributed by atoms with Gasteiger partial charge in [0.2, 0.25) is 11.0 Å². The zero-order valence-electron chi connectivity index (χ0n) is 17.6. The van der Waals surface area contributed by atoms with Gasteiger partial charge in [-0.3, -0.25) is 9.79 Å². The molecule has 2 aromatic rings. The van der Waals surface area contributed by atoms with Crippen LogP contribution in [0.1, 0.15) is 24.9 Å². The number of hydrogen-bond donors (Lipinski definition) is 2. The molecule has 0 aromatic carbocycles. The number of hydrogen-bond acceptors (Lipinski definition) is 7. The molecule has 0 unspecified atom stereocenters. The van der Waals surface area contributed by atoms with E-state index in [1.807, 2.05) is 19.1 Å². The number of aryl methyl sites for hydroxylation is 2. The molecule has 1 amide bonds. The van der Waals surface area contributed by atoms with Crippen LogP contribution in [-0.4, -0.2) is 70.9 Å². The Morgan fingerprint density at radius 1 is 1.23 bits per heavy atom. The van der Waals surface area contributed by atoms with E-state index in [4.69, 9.17) is 0 Å². The molecule has 3 heterocycles. The van der Waals surface area contributed by atoms with E-state index in [0.29, 0.717) is 18.8 Å². The summed E-state index contributed by atoms with van der Waals surface area (Å²) in [6.45, 7) is 7.92. The van der Waals surface area contributed by atoms with Crippen LogP contribution in [0.5, 0.6) is 0 Å². The minimum absolute atomic E-state index is 0. The van der Waals surface area contributed by atoms with Gasteiger partial charge in [-0.25, -0.2) is 9.97 Å². The number of pyridine rings is 1. The maximum atomic E-state index is 12.1. The number of amides is 1. The van der Waals surface area contributed by atoms with Crippen molar-refractivity contribution in [2.24, 2.45) is 4.99 Å². The number of carbonyl (C=O) groups is 1. The van der Waals surface area contributed by atoms with E-state index < -0.39 is 0 Å². The van der Waals surface area contributed by atoms with Crippen LogP contribution in [0.15, 0.2) is 23.2 Å². The van der Waals surface area contributed by atoms with Crippen molar-refractivity contribution >= 4 is 58.3 Å². The molecule has 30 heavy (non-hydrogen) atoms. The van der Waals surface area contributed by atoms with Crippen LogP contribution in [0.2, 0.25) is 0 Å². The Kier molecular flexibility index (Phi) is 9.69. The first-order chi connectivity index (χ1) is 14.1. The van der Waals surface area contributed by atoms with E-state index in [9.17, 15) is 4.79 Å². The first-order valence-corrected chi connectivity index (χ1v) is 10.6. The summed E-state index contributed by atoms with van der Waals surface area (Å²) in [7, 11) is 1.77. The molecule has 1 aliphatic heterocycles. The third kappa shape index (κ3) is 6.76. The quantitative estimate of drug-likeness (QED) is 0.327. The molecule has 2 aromatic heterocycles. The molecule has 2 N–H and O–H groups in total. The molecule has 0 spiro atoms. The van der Waals surface area contributed by atoms with Crippen LogP contribution in [-0.2, 0) is 11.2 Å². The monoisotopic (exact) mass is 544 g/mol. The molecular formula is C19H29IN8OS. The first-order valence-electron chi connectivity index (χ1n) is 9.85. The van der Waals surface area contributed by atoms with Gasteiger partial charge in [0, 0.05) is 69.8 Å². The molecule has 1 fully saturated rings. The SMILES string of the molecule is CCc1nsc(N2CCN(C(=NC)NCCC(=O)Nc3cccc(C)n3)CC2)n1.I. The lowest BCUT2D eigenvalue weighted by Crippen LogP contribution is -2.52. The van der Waals surface area contributed by atoms with E-state index in [0.717, 1.165) is 55.2 Å². The topological polar surface area (TPSA) is 98.6 Å². The molecular weight excluding hydrogens is 515 g/mol. The predicted octanol–water partition coefficient (Wildman–Crippen LogP) is 2.15. The molecule has 1 aliphatic rings. The lowest BCUT2D eigenvalue weighted by molar-refractivity contribution is -0.116. The summed E-state index contributed by atoms with van der Waals surface area (Å²) < 4.78 is 4.37. The zero-order valence-corrected chi connectivity index (χ0v) is 20.7. The second-order valence-electron chi connectivity index (χ2n) is 6.76. The molecule has 1 saturated heterocycles. The average molecular weight is 544 g/mol. The maximum absolute atomic E-state index is 12.1. The van der Waals surface area contributed by atoms with Crippen molar-refractivity contribution in [2.75, 3.05) is 50.0 Å². The molecule has 3 rings (SSSR count). The number of aliphatic imine (C=N–C) groups is 1. The Morgan fingerprint density at radius 2 is 2.00 bits per heavy atom. The Morgan fingerprint density at radius 3 is 2.63 bits per heavy atom. The van der Waals surface area contributed by atoms with Crippen molar-refractivity contribution in [3.63, 3.8) is 0 Å². The number of nitrogens with one attached hydrogen (secondary N) is 2. The number of guanidine groups is 1. The van der Waals surface area contributed by atoms with Gasteiger partial charge in [-0.1, -0.05) is 13.0 Å². The third-order valence-electron chi connectivity index (χ3n) is 4.63. The lowest BCUT2D eigenvalue weighted by atomic mass is 10.3. The van der Waals surface area contributed by atoms with Crippen molar-refractivity contribution in [3.05, 3.63) is 29.7 Å². The largest absolute Gasteiger partial charge is 0.356 e. The number of piperazine rings is 1. The number of halogens is 1. The number of anilines is 2. The molecule has 0 bridgehead atoms. The molecule has 0 aliphatic carbocycles. The van der Waals surface area contributed by atoms with Gasteiger partial charge < -0.3 is 20.4 Å². The molecule has 11 heteroatoms. The second-order valence-corrected chi connectivity index (χ2v) is 7.49. The van der Waals surface area contributed by atoms with Gasteiger partial charge in [-0.15, -0.1) is 24.0 Å². The van der Waals surface area contributed by atoms with Crippen molar-refractivity contribution in [3.8, 4) is 0 Å². The summed E-state index contributed by atoms with van der Waals surface area (Å²) in [4.78, 5) is 29.8. The van der Waals surface area contributed by atoms with Crippen LogP contribution >= 0.6 is 35.5 Å². The fourth-order valence-corrected chi connectivity index (χ4v) is 3.87. The summed E-state index contributed by atoms with van der Waals surface area (Å²) in [5.74, 6) is 2.24. The van der Waals surface area contributed by atoms with Crippen molar-refractivity contribution < 1.29 is 4.79 Å². The number of carbonyl (C=O) groups excluding carboxylic acids is 1. The van der Waals surface area contributed by atoms with Crippen LogP contribution in [0.3, 0.4) is 0 Å². The Hall–Kier alpha value is -2.02. The van der Waals surface area contributed by atoms with Gasteiger partial charge >= 0.3 is 0 Å². The van der Waals surface area contributed by atoms with Crippen LogP contribution in [0.4, 0.5) is 10.9 Å². The molecule has 0 atom stereocenters. The second kappa shape index (κ2) is 12.0. The minimum atomic E-state index is -0.0705. The van der Waals surface area contributed by atoms with Crippen molar-refractivity contribution in [1.82, 2.24) is 24.6 Å². The van der Waals surface area contributed by atoms with Crippen LogP contribution in [0, 0.1) is 6.92 Å². The number of aromatic nitrogens is 3. The Balaban J connectivity index is 0.00000320. The van der Waals surface area contributed by atoms with Gasteiger partial charge in [0.05, 0.1) is 0 Å². The molecule has 164 valence electrons. The summed E-state index contributed by atoms with van der Waals surface area (Å²) in [6.07, 6.45) is 1.21. The van der Waals surface area contributed by atoms with E-state index in [2.05, 4.69) is 46.7 Å². The van der Waals surface area contributed by atoms with Gasteiger partial charge in [0.25, 0.3) is 0 Å². The molecule has 0 saturated carbocycles. The van der Waals surface area contributed by atoms with Gasteiger partial charge in [0.1, 0.15) is 11.6 Å². The minimum Gasteiger partial charge on any atom is -0.356 e.